The average Bonchev–Trinajstić information content (AvgIpc) is 3.04. The number of aromatic nitrogens is 3. The van der Waals surface area contributed by atoms with Crippen LogP contribution in [0.1, 0.15) is 48.8 Å². The lowest BCUT2D eigenvalue weighted by molar-refractivity contribution is -0.274. The number of halogens is 3. The molecule has 1 atom stereocenters. The molecule has 1 aromatic carbocycles. The van der Waals surface area contributed by atoms with E-state index in [0.717, 1.165) is 5.39 Å². The molecule has 1 unspecified atom stereocenters. The fraction of sp³-hybridized carbons (Fsp3) is 0.316. The zero-order chi connectivity index (χ0) is 20.5. The molecule has 2 heterocycles. The van der Waals surface area contributed by atoms with Crippen LogP contribution in [0.5, 0.6) is 5.75 Å². The van der Waals surface area contributed by atoms with Gasteiger partial charge in [-0.25, -0.2) is 9.67 Å². The molecule has 9 heteroatoms. The zero-order valence-corrected chi connectivity index (χ0v) is 15.5. The maximum atomic E-state index is 12.5. The van der Waals surface area contributed by atoms with E-state index in [0.29, 0.717) is 16.8 Å². The molecule has 148 valence electrons. The summed E-state index contributed by atoms with van der Waals surface area (Å²) >= 11 is 0. The predicted molar refractivity (Wildman–Crippen MR) is 96.9 cm³/mol. The van der Waals surface area contributed by atoms with Crippen molar-refractivity contribution in [3.8, 4) is 5.75 Å². The molecule has 0 aliphatic heterocycles. The van der Waals surface area contributed by atoms with Crippen molar-refractivity contribution >= 4 is 16.9 Å². The highest BCUT2D eigenvalue weighted by molar-refractivity contribution is 5.97. The van der Waals surface area contributed by atoms with Crippen LogP contribution in [-0.2, 0) is 0 Å². The van der Waals surface area contributed by atoms with Crippen LogP contribution in [0.4, 0.5) is 13.2 Å². The van der Waals surface area contributed by atoms with E-state index in [4.69, 9.17) is 0 Å². The van der Waals surface area contributed by atoms with Crippen molar-refractivity contribution in [3.05, 3.63) is 53.9 Å². The molecule has 0 radical (unpaired) electrons. The van der Waals surface area contributed by atoms with E-state index in [2.05, 4.69) is 20.1 Å². The third-order valence-electron chi connectivity index (χ3n) is 4.15. The van der Waals surface area contributed by atoms with Crippen LogP contribution in [0, 0.1) is 0 Å². The molecule has 0 saturated heterocycles. The quantitative estimate of drug-likeness (QED) is 0.699. The molecular weight excluding hydrogens is 373 g/mol. The fourth-order valence-corrected chi connectivity index (χ4v) is 2.76. The first-order chi connectivity index (χ1) is 13.1. The van der Waals surface area contributed by atoms with Crippen LogP contribution in [-0.4, -0.2) is 27.0 Å². The lowest BCUT2D eigenvalue weighted by Gasteiger charge is -2.15. The molecule has 3 rings (SSSR count). The minimum absolute atomic E-state index is 0.147. The fourth-order valence-electron chi connectivity index (χ4n) is 2.76. The molecule has 28 heavy (non-hydrogen) atoms. The summed E-state index contributed by atoms with van der Waals surface area (Å²) in [6.45, 7) is 5.71. The number of alkyl halides is 3. The van der Waals surface area contributed by atoms with Crippen LogP contribution in [0.15, 0.2) is 42.7 Å². The van der Waals surface area contributed by atoms with Crippen LogP contribution < -0.4 is 10.1 Å². The van der Waals surface area contributed by atoms with Gasteiger partial charge in [0, 0.05) is 17.6 Å². The number of pyridine rings is 1. The first kappa shape index (κ1) is 19.7. The lowest BCUT2D eigenvalue weighted by Crippen LogP contribution is -2.26. The number of benzene rings is 1. The zero-order valence-electron chi connectivity index (χ0n) is 15.5. The Balaban J connectivity index is 1.71. The Morgan fingerprint density at radius 1 is 1.14 bits per heavy atom. The van der Waals surface area contributed by atoms with Gasteiger partial charge in [-0.05, 0) is 44.5 Å². The van der Waals surface area contributed by atoms with Gasteiger partial charge in [-0.1, -0.05) is 12.1 Å². The Morgan fingerprint density at radius 2 is 1.82 bits per heavy atom. The highest BCUT2D eigenvalue weighted by atomic mass is 19.4. The Labute approximate surface area is 159 Å². The SMILES string of the molecule is CC(NC(=O)c1cnc2c(cnn2C(C)C)c1)c1ccc(OC(F)(F)F)cc1. The lowest BCUT2D eigenvalue weighted by atomic mass is 10.1. The summed E-state index contributed by atoms with van der Waals surface area (Å²) in [6.07, 6.45) is -1.61. The van der Waals surface area contributed by atoms with Crippen LogP contribution >= 0.6 is 0 Å². The number of carbonyl (C=O) groups is 1. The Kier molecular flexibility index (Phi) is 5.26. The Bertz CT molecular complexity index is 981. The van der Waals surface area contributed by atoms with Crippen LogP contribution in [0.25, 0.3) is 11.0 Å². The molecular formula is C19H19F3N4O2. The van der Waals surface area contributed by atoms with Crippen molar-refractivity contribution in [2.75, 3.05) is 0 Å². The topological polar surface area (TPSA) is 69.0 Å². The molecule has 3 aromatic rings. The van der Waals surface area contributed by atoms with Gasteiger partial charge in [-0.3, -0.25) is 4.79 Å². The minimum atomic E-state index is -4.74. The molecule has 0 saturated carbocycles. The van der Waals surface area contributed by atoms with Crippen molar-refractivity contribution in [3.63, 3.8) is 0 Å². The third kappa shape index (κ3) is 4.41. The van der Waals surface area contributed by atoms with E-state index in [1.54, 1.807) is 23.9 Å². The highest BCUT2D eigenvalue weighted by Gasteiger charge is 2.31. The van der Waals surface area contributed by atoms with E-state index in [-0.39, 0.29) is 17.7 Å². The average molecular weight is 392 g/mol. The largest absolute Gasteiger partial charge is 0.573 e. The van der Waals surface area contributed by atoms with Gasteiger partial charge in [-0.15, -0.1) is 13.2 Å². The molecule has 0 aliphatic rings. The number of fused-ring (bicyclic) bond motifs is 1. The maximum absolute atomic E-state index is 12.5. The first-order valence-electron chi connectivity index (χ1n) is 8.64. The second-order valence-electron chi connectivity index (χ2n) is 6.63. The number of nitrogens with one attached hydrogen (secondary N) is 1. The molecule has 1 amide bonds. The second-order valence-corrected chi connectivity index (χ2v) is 6.63. The van der Waals surface area contributed by atoms with Crippen molar-refractivity contribution in [2.24, 2.45) is 0 Å². The second kappa shape index (κ2) is 7.49. The maximum Gasteiger partial charge on any atom is 0.573 e. The summed E-state index contributed by atoms with van der Waals surface area (Å²) in [5, 5.41) is 7.83. The van der Waals surface area contributed by atoms with Crippen molar-refractivity contribution in [2.45, 2.75) is 39.2 Å². The summed E-state index contributed by atoms with van der Waals surface area (Å²) < 4.78 is 42.3. The number of rotatable bonds is 5. The van der Waals surface area contributed by atoms with Crippen LogP contribution in [0.3, 0.4) is 0 Å². The van der Waals surface area contributed by atoms with Gasteiger partial charge >= 0.3 is 6.36 Å². The Hall–Kier alpha value is -3.10. The summed E-state index contributed by atoms with van der Waals surface area (Å²) in [7, 11) is 0. The van der Waals surface area contributed by atoms with Crippen molar-refractivity contribution in [1.29, 1.82) is 0 Å². The van der Waals surface area contributed by atoms with Gasteiger partial charge in [0.25, 0.3) is 5.91 Å². The van der Waals surface area contributed by atoms with E-state index in [1.807, 2.05) is 13.8 Å². The molecule has 0 aliphatic carbocycles. The minimum Gasteiger partial charge on any atom is -0.406 e. The van der Waals surface area contributed by atoms with Gasteiger partial charge in [0.05, 0.1) is 17.8 Å². The normalized spacial score (nSPS) is 13.0. The number of carbonyl (C=O) groups excluding carboxylic acids is 1. The monoisotopic (exact) mass is 392 g/mol. The Morgan fingerprint density at radius 3 is 2.43 bits per heavy atom. The molecule has 2 aromatic heterocycles. The molecule has 0 bridgehead atoms. The number of nitrogens with zero attached hydrogens (tertiary/aromatic N) is 3. The summed E-state index contributed by atoms with van der Waals surface area (Å²) in [5.74, 6) is -0.651. The number of ether oxygens (including phenoxy) is 1. The van der Waals surface area contributed by atoms with Gasteiger partial charge < -0.3 is 10.1 Å². The highest BCUT2D eigenvalue weighted by Crippen LogP contribution is 2.24. The first-order valence-corrected chi connectivity index (χ1v) is 8.64. The molecule has 0 fully saturated rings. The number of amides is 1. The molecule has 0 spiro atoms. The number of hydrogen-bond acceptors (Lipinski definition) is 4. The smallest absolute Gasteiger partial charge is 0.406 e. The van der Waals surface area contributed by atoms with Crippen molar-refractivity contribution in [1.82, 2.24) is 20.1 Å². The van der Waals surface area contributed by atoms with E-state index in [9.17, 15) is 18.0 Å². The summed E-state index contributed by atoms with van der Waals surface area (Å²) in [5.41, 5.74) is 1.71. The van der Waals surface area contributed by atoms with Crippen molar-refractivity contribution < 1.29 is 22.7 Å². The van der Waals surface area contributed by atoms with Gasteiger partial charge in [0.1, 0.15) is 5.75 Å². The van der Waals surface area contributed by atoms with Crippen LogP contribution in [0.2, 0.25) is 0 Å². The van der Waals surface area contributed by atoms with Gasteiger partial charge in [-0.2, -0.15) is 5.10 Å². The summed E-state index contributed by atoms with van der Waals surface area (Å²) in [4.78, 5) is 16.8. The molecule has 6 nitrogen and oxygen atoms in total. The van der Waals surface area contributed by atoms with Gasteiger partial charge in [0.2, 0.25) is 0 Å². The molecule has 1 N–H and O–H groups in total. The van der Waals surface area contributed by atoms with E-state index in [1.165, 1.54) is 30.5 Å². The summed E-state index contributed by atoms with van der Waals surface area (Å²) in [6, 6.07) is 6.80. The van der Waals surface area contributed by atoms with E-state index < -0.39 is 12.4 Å². The van der Waals surface area contributed by atoms with Gasteiger partial charge in [0.15, 0.2) is 5.65 Å². The standard InChI is InChI=1S/C19H19F3N4O2/c1-11(2)26-17-14(10-24-26)8-15(9-23-17)18(27)25-12(3)13-4-6-16(7-5-13)28-19(20,21)22/h4-12H,1-3H3,(H,25,27). The van der Waals surface area contributed by atoms with E-state index >= 15 is 0 Å². The predicted octanol–water partition coefficient (Wildman–Crippen LogP) is 4.40. The third-order valence-corrected chi connectivity index (χ3v) is 4.15. The number of hydrogen-bond donors (Lipinski definition) is 1.